The number of nitrogens with one attached hydrogen (secondary N) is 1. The van der Waals surface area contributed by atoms with Crippen molar-refractivity contribution in [3.8, 4) is 0 Å². The molecular formula is C24H30N4O2. The number of benzene rings is 1. The molecule has 3 aromatic rings. The van der Waals surface area contributed by atoms with Gasteiger partial charge < -0.3 is 14.6 Å². The molecule has 1 atom stereocenters. The molecular weight excluding hydrogens is 376 g/mol. The van der Waals surface area contributed by atoms with Gasteiger partial charge in [0.15, 0.2) is 0 Å². The Morgan fingerprint density at radius 3 is 2.50 bits per heavy atom. The van der Waals surface area contributed by atoms with Gasteiger partial charge in [-0.15, -0.1) is 0 Å². The Morgan fingerprint density at radius 1 is 1.10 bits per heavy atom. The standard InChI is InChI=1S/C24H30N4O2/c1-13-10-14(2)21(15(3)11-13)27-23(29)19-8-7-9-28(12-19)22-20-16(4)17(5)30-24(20)26-18(6)25-22/h10-11,19H,7-9,12H2,1-6H3,(H,27,29)/t19-/m0/s1. The first-order valence-electron chi connectivity index (χ1n) is 10.6. The van der Waals surface area contributed by atoms with Crippen molar-refractivity contribution in [1.29, 1.82) is 0 Å². The number of anilines is 2. The quantitative estimate of drug-likeness (QED) is 0.668. The van der Waals surface area contributed by atoms with E-state index < -0.39 is 0 Å². The van der Waals surface area contributed by atoms with E-state index in [1.807, 2.05) is 34.6 Å². The molecule has 0 bridgehead atoms. The third kappa shape index (κ3) is 3.66. The van der Waals surface area contributed by atoms with Crippen LogP contribution in [0.25, 0.3) is 11.1 Å². The van der Waals surface area contributed by atoms with Gasteiger partial charge in [-0.05, 0) is 65.5 Å². The highest BCUT2D eigenvalue weighted by Gasteiger charge is 2.29. The van der Waals surface area contributed by atoms with Crippen molar-refractivity contribution in [2.75, 3.05) is 23.3 Å². The van der Waals surface area contributed by atoms with Gasteiger partial charge in [-0.25, -0.2) is 4.98 Å². The number of hydrogen-bond donors (Lipinski definition) is 1. The van der Waals surface area contributed by atoms with Crippen LogP contribution in [0.2, 0.25) is 0 Å². The topological polar surface area (TPSA) is 71.3 Å². The van der Waals surface area contributed by atoms with Crippen molar-refractivity contribution < 1.29 is 9.21 Å². The number of rotatable bonds is 3. The Balaban J connectivity index is 1.60. The highest BCUT2D eigenvalue weighted by Crippen LogP contribution is 2.34. The predicted molar refractivity (Wildman–Crippen MR) is 120 cm³/mol. The zero-order chi connectivity index (χ0) is 21.6. The summed E-state index contributed by atoms with van der Waals surface area (Å²) < 4.78 is 5.84. The maximum atomic E-state index is 13.1. The average Bonchev–Trinajstić information content (AvgIpc) is 2.97. The molecule has 158 valence electrons. The molecule has 1 saturated heterocycles. The fourth-order valence-electron chi connectivity index (χ4n) is 4.55. The first-order chi connectivity index (χ1) is 14.2. The minimum atomic E-state index is -0.0857. The van der Waals surface area contributed by atoms with E-state index in [-0.39, 0.29) is 11.8 Å². The summed E-state index contributed by atoms with van der Waals surface area (Å²) in [6, 6.07) is 4.22. The second kappa shape index (κ2) is 7.74. The number of nitrogens with zero attached hydrogens (tertiary/aromatic N) is 3. The Labute approximate surface area is 177 Å². The number of carbonyl (C=O) groups is 1. The Bertz CT molecular complexity index is 1110. The largest absolute Gasteiger partial charge is 0.443 e. The molecule has 0 radical (unpaired) electrons. The van der Waals surface area contributed by atoms with Crippen molar-refractivity contribution >= 4 is 28.5 Å². The van der Waals surface area contributed by atoms with Gasteiger partial charge in [-0.3, -0.25) is 4.79 Å². The van der Waals surface area contributed by atoms with Gasteiger partial charge >= 0.3 is 0 Å². The van der Waals surface area contributed by atoms with Crippen LogP contribution in [-0.2, 0) is 4.79 Å². The molecule has 1 aliphatic rings. The van der Waals surface area contributed by atoms with Crippen LogP contribution in [0.3, 0.4) is 0 Å². The fraction of sp³-hybridized carbons (Fsp3) is 0.458. The zero-order valence-electron chi connectivity index (χ0n) is 18.7. The third-order valence-corrected chi connectivity index (χ3v) is 6.14. The van der Waals surface area contributed by atoms with E-state index in [9.17, 15) is 4.79 Å². The van der Waals surface area contributed by atoms with Crippen LogP contribution in [0.4, 0.5) is 11.5 Å². The highest BCUT2D eigenvalue weighted by molar-refractivity contribution is 5.95. The van der Waals surface area contributed by atoms with Crippen molar-refractivity contribution in [3.63, 3.8) is 0 Å². The first kappa shape index (κ1) is 20.4. The lowest BCUT2D eigenvalue weighted by atomic mass is 9.96. The van der Waals surface area contributed by atoms with Crippen molar-refractivity contribution in [1.82, 2.24) is 9.97 Å². The molecule has 1 fully saturated rings. The number of aromatic nitrogens is 2. The van der Waals surface area contributed by atoms with Crippen molar-refractivity contribution in [2.45, 2.75) is 54.4 Å². The van der Waals surface area contributed by atoms with Crippen LogP contribution in [0.1, 0.15) is 46.7 Å². The number of aryl methyl sites for hydroxylation is 6. The van der Waals surface area contributed by atoms with E-state index in [4.69, 9.17) is 9.40 Å². The molecule has 2 aromatic heterocycles. The van der Waals surface area contributed by atoms with E-state index in [1.54, 1.807) is 0 Å². The predicted octanol–water partition coefficient (Wildman–Crippen LogP) is 4.93. The maximum Gasteiger partial charge on any atom is 0.231 e. The average molecular weight is 407 g/mol. The number of fused-ring (bicyclic) bond motifs is 1. The molecule has 1 amide bonds. The van der Waals surface area contributed by atoms with E-state index >= 15 is 0 Å². The fourth-order valence-corrected chi connectivity index (χ4v) is 4.55. The number of piperidine rings is 1. The minimum Gasteiger partial charge on any atom is -0.443 e. The van der Waals surface area contributed by atoms with Gasteiger partial charge in [-0.1, -0.05) is 17.7 Å². The second-order valence-electron chi connectivity index (χ2n) is 8.61. The summed E-state index contributed by atoms with van der Waals surface area (Å²) in [7, 11) is 0. The van der Waals surface area contributed by atoms with Gasteiger partial charge in [0.2, 0.25) is 11.6 Å². The summed E-state index contributed by atoms with van der Waals surface area (Å²) in [5, 5.41) is 4.16. The summed E-state index contributed by atoms with van der Waals surface area (Å²) >= 11 is 0. The van der Waals surface area contributed by atoms with Gasteiger partial charge in [0.1, 0.15) is 17.4 Å². The summed E-state index contributed by atoms with van der Waals surface area (Å²) in [5.41, 5.74) is 6.05. The number of carbonyl (C=O) groups excluding carboxylic acids is 1. The van der Waals surface area contributed by atoms with Crippen LogP contribution in [0.15, 0.2) is 16.5 Å². The van der Waals surface area contributed by atoms with Gasteiger partial charge in [0.25, 0.3) is 0 Å². The Kier molecular flexibility index (Phi) is 5.26. The molecule has 6 nitrogen and oxygen atoms in total. The van der Waals surface area contributed by atoms with E-state index in [2.05, 4.69) is 34.3 Å². The zero-order valence-corrected chi connectivity index (χ0v) is 18.7. The summed E-state index contributed by atoms with van der Waals surface area (Å²) in [6.45, 7) is 13.6. The summed E-state index contributed by atoms with van der Waals surface area (Å²) in [5.74, 6) is 2.42. The molecule has 0 spiro atoms. The molecule has 1 N–H and O–H groups in total. The molecule has 0 saturated carbocycles. The van der Waals surface area contributed by atoms with E-state index in [0.717, 1.165) is 58.7 Å². The van der Waals surface area contributed by atoms with Crippen LogP contribution in [-0.4, -0.2) is 29.0 Å². The smallest absolute Gasteiger partial charge is 0.231 e. The third-order valence-electron chi connectivity index (χ3n) is 6.14. The van der Waals surface area contributed by atoms with E-state index in [1.165, 1.54) is 5.56 Å². The lowest BCUT2D eigenvalue weighted by Gasteiger charge is -2.33. The van der Waals surface area contributed by atoms with Crippen molar-refractivity contribution in [2.24, 2.45) is 5.92 Å². The SMILES string of the molecule is Cc1cc(C)c(NC(=O)[C@H]2CCCN(c3nc(C)nc4oc(C)c(C)c34)C2)c(C)c1. The van der Waals surface area contributed by atoms with Crippen LogP contribution in [0, 0.1) is 47.5 Å². The molecule has 0 unspecified atom stereocenters. The molecule has 30 heavy (non-hydrogen) atoms. The summed E-state index contributed by atoms with van der Waals surface area (Å²) in [4.78, 5) is 24.6. The summed E-state index contributed by atoms with van der Waals surface area (Å²) in [6.07, 6.45) is 1.83. The second-order valence-corrected chi connectivity index (χ2v) is 8.61. The van der Waals surface area contributed by atoms with Gasteiger partial charge in [0, 0.05) is 24.3 Å². The minimum absolute atomic E-state index is 0.0804. The van der Waals surface area contributed by atoms with Gasteiger partial charge in [0.05, 0.1) is 11.3 Å². The molecule has 0 aliphatic carbocycles. The molecule has 4 rings (SSSR count). The highest BCUT2D eigenvalue weighted by atomic mass is 16.3. The lowest BCUT2D eigenvalue weighted by Crippen LogP contribution is -2.41. The Hall–Kier alpha value is -2.89. The number of hydrogen-bond acceptors (Lipinski definition) is 5. The van der Waals surface area contributed by atoms with Crippen molar-refractivity contribution in [3.05, 3.63) is 46.0 Å². The molecule has 1 aliphatic heterocycles. The van der Waals surface area contributed by atoms with Crippen LogP contribution in [0.5, 0.6) is 0 Å². The first-order valence-corrected chi connectivity index (χ1v) is 10.6. The molecule has 1 aromatic carbocycles. The maximum absolute atomic E-state index is 13.1. The lowest BCUT2D eigenvalue weighted by molar-refractivity contribution is -0.120. The van der Waals surface area contributed by atoms with Gasteiger partial charge in [-0.2, -0.15) is 4.98 Å². The Morgan fingerprint density at radius 2 is 1.80 bits per heavy atom. The monoisotopic (exact) mass is 406 g/mol. The van der Waals surface area contributed by atoms with E-state index in [0.29, 0.717) is 18.1 Å². The number of furan rings is 1. The molecule has 3 heterocycles. The normalized spacial score (nSPS) is 16.9. The molecule has 6 heteroatoms. The number of amides is 1. The van der Waals surface area contributed by atoms with Crippen LogP contribution < -0.4 is 10.2 Å². The van der Waals surface area contributed by atoms with Crippen LogP contribution >= 0.6 is 0 Å².